The van der Waals surface area contributed by atoms with E-state index in [0.717, 1.165) is 6.42 Å². The van der Waals surface area contributed by atoms with Crippen molar-refractivity contribution in [3.63, 3.8) is 0 Å². The molecule has 0 radical (unpaired) electrons. The quantitative estimate of drug-likeness (QED) is 0.781. The molecule has 1 atom stereocenters. The van der Waals surface area contributed by atoms with Crippen LogP contribution in [0, 0.1) is 0 Å². The van der Waals surface area contributed by atoms with Crippen molar-refractivity contribution >= 4 is 10.2 Å². The molecule has 26 heavy (non-hydrogen) atoms. The standard InChI is InChI=1S/C20H26N2O3S/c1-21(2)26(23,24)22-13-14-25-19(16-22)15-20(17-9-5-3-6-10-17)18-11-7-4-8-12-18/h3-12,19-20H,13-16H2,1-2H3/t19-/m1/s1. The predicted molar refractivity (Wildman–Crippen MR) is 103 cm³/mol. The van der Waals surface area contributed by atoms with E-state index in [1.165, 1.54) is 19.7 Å². The summed E-state index contributed by atoms with van der Waals surface area (Å²) in [6.07, 6.45) is 0.608. The third-order valence-corrected chi connectivity index (χ3v) is 6.70. The van der Waals surface area contributed by atoms with E-state index in [1.807, 2.05) is 36.4 Å². The summed E-state index contributed by atoms with van der Waals surface area (Å²) in [5.74, 6) is 0.171. The second kappa shape index (κ2) is 8.31. The number of hydrogen-bond acceptors (Lipinski definition) is 3. The summed E-state index contributed by atoms with van der Waals surface area (Å²) in [6, 6.07) is 20.6. The molecule has 5 nitrogen and oxygen atoms in total. The number of ether oxygens (including phenoxy) is 1. The topological polar surface area (TPSA) is 49.9 Å². The van der Waals surface area contributed by atoms with E-state index in [4.69, 9.17) is 4.74 Å². The molecule has 6 heteroatoms. The average Bonchev–Trinajstić information content (AvgIpc) is 2.67. The van der Waals surface area contributed by atoms with Gasteiger partial charge in [-0.05, 0) is 17.5 Å². The van der Waals surface area contributed by atoms with Crippen LogP contribution in [0.15, 0.2) is 60.7 Å². The van der Waals surface area contributed by atoms with Crippen LogP contribution in [0.4, 0.5) is 0 Å². The molecule has 1 fully saturated rings. The molecule has 0 saturated carbocycles. The Morgan fingerprint density at radius 2 is 1.58 bits per heavy atom. The van der Waals surface area contributed by atoms with Crippen molar-refractivity contribution in [2.24, 2.45) is 0 Å². The van der Waals surface area contributed by atoms with Crippen molar-refractivity contribution in [2.75, 3.05) is 33.8 Å². The maximum absolute atomic E-state index is 12.5. The van der Waals surface area contributed by atoms with Gasteiger partial charge in [0.25, 0.3) is 10.2 Å². The first-order valence-corrected chi connectivity index (χ1v) is 10.3. The van der Waals surface area contributed by atoms with E-state index in [9.17, 15) is 8.42 Å². The zero-order valence-electron chi connectivity index (χ0n) is 15.3. The van der Waals surface area contributed by atoms with Gasteiger partial charge < -0.3 is 4.74 Å². The summed E-state index contributed by atoms with van der Waals surface area (Å²) < 4.78 is 33.6. The number of nitrogens with zero attached hydrogens (tertiary/aromatic N) is 2. The van der Waals surface area contributed by atoms with E-state index in [-0.39, 0.29) is 12.0 Å². The van der Waals surface area contributed by atoms with Gasteiger partial charge in [-0.15, -0.1) is 0 Å². The van der Waals surface area contributed by atoms with Crippen LogP contribution in [0.25, 0.3) is 0 Å². The monoisotopic (exact) mass is 374 g/mol. The molecule has 1 aliphatic rings. The third kappa shape index (κ3) is 4.32. The van der Waals surface area contributed by atoms with Crippen molar-refractivity contribution in [3.8, 4) is 0 Å². The molecule has 3 rings (SSSR count). The minimum atomic E-state index is -3.41. The number of morpholine rings is 1. The van der Waals surface area contributed by atoms with Gasteiger partial charge in [0.2, 0.25) is 0 Å². The minimum Gasteiger partial charge on any atom is -0.375 e. The molecular weight excluding hydrogens is 348 g/mol. The van der Waals surface area contributed by atoms with Crippen LogP contribution in [-0.4, -0.2) is 56.9 Å². The lowest BCUT2D eigenvalue weighted by Gasteiger charge is -2.35. The minimum absolute atomic E-state index is 0.135. The van der Waals surface area contributed by atoms with Gasteiger partial charge in [0, 0.05) is 33.1 Å². The molecular formula is C20H26N2O3S. The Morgan fingerprint density at radius 1 is 1.04 bits per heavy atom. The molecule has 0 aromatic heterocycles. The Kier molecular flexibility index (Phi) is 6.09. The SMILES string of the molecule is CN(C)S(=O)(=O)N1CCO[C@H](CC(c2ccccc2)c2ccccc2)C1. The largest absolute Gasteiger partial charge is 0.375 e. The molecule has 0 unspecified atom stereocenters. The molecule has 1 aliphatic heterocycles. The zero-order chi connectivity index (χ0) is 18.6. The number of hydrogen-bond donors (Lipinski definition) is 0. The summed E-state index contributed by atoms with van der Waals surface area (Å²) in [6.45, 7) is 1.21. The third-order valence-electron chi connectivity index (χ3n) is 4.79. The Morgan fingerprint density at radius 3 is 2.08 bits per heavy atom. The van der Waals surface area contributed by atoms with Crippen molar-refractivity contribution in [3.05, 3.63) is 71.8 Å². The van der Waals surface area contributed by atoms with Gasteiger partial charge in [-0.2, -0.15) is 17.0 Å². The fraction of sp³-hybridized carbons (Fsp3) is 0.400. The van der Waals surface area contributed by atoms with E-state index in [0.29, 0.717) is 19.7 Å². The first kappa shape index (κ1) is 19.0. The van der Waals surface area contributed by atoms with Crippen molar-refractivity contribution in [1.29, 1.82) is 0 Å². The molecule has 140 valence electrons. The number of benzene rings is 2. The van der Waals surface area contributed by atoms with Gasteiger partial charge >= 0.3 is 0 Å². The predicted octanol–water partition coefficient (Wildman–Crippen LogP) is 2.72. The highest BCUT2D eigenvalue weighted by Crippen LogP contribution is 2.31. The smallest absolute Gasteiger partial charge is 0.281 e. The fourth-order valence-corrected chi connectivity index (χ4v) is 4.50. The summed E-state index contributed by atoms with van der Waals surface area (Å²) in [7, 11) is -0.279. The molecule has 0 aliphatic carbocycles. The zero-order valence-corrected chi connectivity index (χ0v) is 16.1. The van der Waals surface area contributed by atoms with Crippen LogP contribution in [0.3, 0.4) is 0 Å². The van der Waals surface area contributed by atoms with E-state index >= 15 is 0 Å². The molecule has 1 saturated heterocycles. The van der Waals surface area contributed by atoms with Gasteiger partial charge in [-0.1, -0.05) is 60.7 Å². The first-order chi connectivity index (χ1) is 12.5. The molecule has 2 aromatic carbocycles. The Bertz CT molecular complexity index is 755. The van der Waals surface area contributed by atoms with E-state index < -0.39 is 10.2 Å². The molecule has 1 heterocycles. The van der Waals surface area contributed by atoms with Crippen LogP contribution in [0.1, 0.15) is 23.5 Å². The maximum Gasteiger partial charge on any atom is 0.281 e. The van der Waals surface area contributed by atoms with Gasteiger partial charge in [-0.25, -0.2) is 0 Å². The summed E-state index contributed by atoms with van der Waals surface area (Å²) >= 11 is 0. The van der Waals surface area contributed by atoms with Crippen LogP contribution in [0.2, 0.25) is 0 Å². The van der Waals surface area contributed by atoms with E-state index in [2.05, 4.69) is 24.3 Å². The highest BCUT2D eigenvalue weighted by atomic mass is 32.2. The van der Waals surface area contributed by atoms with Gasteiger partial charge in [0.05, 0.1) is 12.7 Å². The van der Waals surface area contributed by atoms with Crippen LogP contribution in [-0.2, 0) is 14.9 Å². The molecule has 2 aromatic rings. The normalized spacial score (nSPS) is 19.2. The maximum atomic E-state index is 12.5. The highest BCUT2D eigenvalue weighted by Gasteiger charge is 2.32. The lowest BCUT2D eigenvalue weighted by atomic mass is 9.86. The number of rotatable bonds is 6. The van der Waals surface area contributed by atoms with Crippen molar-refractivity contribution in [2.45, 2.75) is 18.4 Å². The second-order valence-corrected chi connectivity index (χ2v) is 8.89. The van der Waals surface area contributed by atoms with Gasteiger partial charge in [0.1, 0.15) is 0 Å². The highest BCUT2D eigenvalue weighted by molar-refractivity contribution is 7.86. The fourth-order valence-electron chi connectivity index (χ4n) is 3.37. The molecule has 0 spiro atoms. The summed E-state index contributed by atoms with van der Waals surface area (Å²) in [4.78, 5) is 0. The van der Waals surface area contributed by atoms with Crippen LogP contribution >= 0.6 is 0 Å². The average molecular weight is 375 g/mol. The lowest BCUT2D eigenvalue weighted by Crippen LogP contribution is -2.49. The van der Waals surface area contributed by atoms with Crippen molar-refractivity contribution < 1.29 is 13.2 Å². The Hall–Kier alpha value is -1.73. The second-order valence-electron chi connectivity index (χ2n) is 6.75. The molecule has 0 N–H and O–H groups in total. The van der Waals surface area contributed by atoms with Gasteiger partial charge in [0.15, 0.2) is 0 Å². The van der Waals surface area contributed by atoms with Gasteiger partial charge in [-0.3, -0.25) is 0 Å². The van der Waals surface area contributed by atoms with Crippen LogP contribution in [0.5, 0.6) is 0 Å². The summed E-state index contributed by atoms with van der Waals surface area (Å²) in [5.41, 5.74) is 2.43. The molecule has 0 bridgehead atoms. The first-order valence-electron chi connectivity index (χ1n) is 8.87. The van der Waals surface area contributed by atoms with E-state index in [1.54, 1.807) is 14.1 Å². The lowest BCUT2D eigenvalue weighted by molar-refractivity contribution is -0.00878. The summed E-state index contributed by atoms with van der Waals surface area (Å²) in [5, 5.41) is 0. The van der Waals surface area contributed by atoms with Crippen LogP contribution < -0.4 is 0 Å². The van der Waals surface area contributed by atoms with Crippen molar-refractivity contribution in [1.82, 2.24) is 8.61 Å². The Balaban J connectivity index is 1.81. The molecule has 0 amide bonds. The Labute approximate surface area is 156 Å².